The smallest absolute Gasteiger partial charge is 0.251 e. The van der Waals surface area contributed by atoms with Gasteiger partial charge in [0.25, 0.3) is 5.91 Å². The van der Waals surface area contributed by atoms with Crippen molar-refractivity contribution >= 4 is 35.0 Å². The molecule has 0 bridgehead atoms. The van der Waals surface area contributed by atoms with Crippen molar-refractivity contribution in [2.75, 3.05) is 26.7 Å². The number of benzene rings is 1. The average Bonchev–Trinajstić information content (AvgIpc) is 2.44. The SMILES string of the molecule is CNCCCNC(=O)CNC(=O)c1ccc(Cl)c(Cl)c1. The van der Waals surface area contributed by atoms with Crippen LogP contribution in [0.15, 0.2) is 18.2 Å². The Bertz CT molecular complexity index is 481. The molecule has 1 aromatic rings. The molecule has 0 fully saturated rings. The number of nitrogens with one attached hydrogen (secondary N) is 3. The predicted octanol–water partition coefficient (Wildman–Crippen LogP) is 1.45. The number of hydrogen-bond donors (Lipinski definition) is 3. The van der Waals surface area contributed by atoms with Crippen LogP contribution < -0.4 is 16.0 Å². The molecule has 110 valence electrons. The predicted molar refractivity (Wildman–Crippen MR) is 80.3 cm³/mol. The summed E-state index contributed by atoms with van der Waals surface area (Å²) in [7, 11) is 1.85. The Morgan fingerprint density at radius 2 is 1.85 bits per heavy atom. The van der Waals surface area contributed by atoms with Gasteiger partial charge in [-0.25, -0.2) is 0 Å². The van der Waals surface area contributed by atoms with Crippen LogP contribution in [0.3, 0.4) is 0 Å². The van der Waals surface area contributed by atoms with Crippen molar-refractivity contribution in [2.24, 2.45) is 0 Å². The van der Waals surface area contributed by atoms with Crippen LogP contribution in [0.1, 0.15) is 16.8 Å². The molecule has 0 aromatic heterocycles. The van der Waals surface area contributed by atoms with E-state index in [1.165, 1.54) is 12.1 Å². The van der Waals surface area contributed by atoms with Crippen molar-refractivity contribution in [1.29, 1.82) is 0 Å². The molecule has 5 nitrogen and oxygen atoms in total. The Balaban J connectivity index is 2.35. The number of hydrogen-bond acceptors (Lipinski definition) is 3. The first-order valence-electron chi connectivity index (χ1n) is 6.19. The lowest BCUT2D eigenvalue weighted by Crippen LogP contribution is -2.37. The molecule has 7 heteroatoms. The highest BCUT2D eigenvalue weighted by Crippen LogP contribution is 2.22. The molecule has 2 amide bonds. The summed E-state index contributed by atoms with van der Waals surface area (Å²) in [4.78, 5) is 23.3. The van der Waals surface area contributed by atoms with Gasteiger partial charge in [0.2, 0.25) is 5.91 Å². The first-order chi connectivity index (χ1) is 9.54. The van der Waals surface area contributed by atoms with Crippen LogP contribution in [0.2, 0.25) is 10.0 Å². The van der Waals surface area contributed by atoms with Gasteiger partial charge < -0.3 is 16.0 Å². The fourth-order valence-electron chi connectivity index (χ4n) is 1.46. The molecular weight excluding hydrogens is 301 g/mol. The van der Waals surface area contributed by atoms with Crippen LogP contribution in [0.5, 0.6) is 0 Å². The minimum atomic E-state index is -0.367. The van der Waals surface area contributed by atoms with Gasteiger partial charge in [-0.05, 0) is 38.2 Å². The Morgan fingerprint density at radius 1 is 1.10 bits per heavy atom. The second-order valence-electron chi connectivity index (χ2n) is 4.12. The fourth-order valence-corrected chi connectivity index (χ4v) is 1.75. The number of carbonyl (C=O) groups excluding carboxylic acids is 2. The molecule has 0 unspecified atom stereocenters. The fraction of sp³-hybridized carbons (Fsp3) is 0.385. The lowest BCUT2D eigenvalue weighted by atomic mass is 10.2. The third kappa shape index (κ3) is 5.77. The first-order valence-corrected chi connectivity index (χ1v) is 6.94. The second kappa shape index (κ2) is 8.79. The summed E-state index contributed by atoms with van der Waals surface area (Å²) in [5.41, 5.74) is 0.363. The van der Waals surface area contributed by atoms with Gasteiger partial charge in [0.05, 0.1) is 16.6 Å². The minimum Gasteiger partial charge on any atom is -0.355 e. The van der Waals surface area contributed by atoms with Gasteiger partial charge in [-0.15, -0.1) is 0 Å². The molecule has 0 aliphatic heterocycles. The molecule has 0 saturated carbocycles. The molecule has 1 aromatic carbocycles. The minimum absolute atomic E-state index is 0.0708. The zero-order valence-corrected chi connectivity index (χ0v) is 12.6. The lowest BCUT2D eigenvalue weighted by Gasteiger charge is -2.07. The van der Waals surface area contributed by atoms with Crippen LogP contribution >= 0.6 is 23.2 Å². The van der Waals surface area contributed by atoms with E-state index >= 15 is 0 Å². The summed E-state index contributed by atoms with van der Waals surface area (Å²) >= 11 is 11.6. The summed E-state index contributed by atoms with van der Waals surface area (Å²) in [6, 6.07) is 4.55. The van der Waals surface area contributed by atoms with Gasteiger partial charge >= 0.3 is 0 Å². The van der Waals surface area contributed by atoms with Gasteiger partial charge in [-0.3, -0.25) is 9.59 Å². The monoisotopic (exact) mass is 317 g/mol. The van der Waals surface area contributed by atoms with Crippen molar-refractivity contribution < 1.29 is 9.59 Å². The van der Waals surface area contributed by atoms with E-state index < -0.39 is 0 Å². The van der Waals surface area contributed by atoms with E-state index in [4.69, 9.17) is 23.2 Å². The Morgan fingerprint density at radius 3 is 2.50 bits per heavy atom. The quantitative estimate of drug-likeness (QED) is 0.667. The maximum atomic E-state index is 11.8. The van der Waals surface area contributed by atoms with Gasteiger partial charge in [0.15, 0.2) is 0 Å². The van der Waals surface area contributed by atoms with E-state index in [2.05, 4.69) is 16.0 Å². The lowest BCUT2D eigenvalue weighted by molar-refractivity contribution is -0.120. The van der Waals surface area contributed by atoms with Crippen molar-refractivity contribution in [3.05, 3.63) is 33.8 Å². The van der Waals surface area contributed by atoms with E-state index in [1.54, 1.807) is 6.07 Å². The number of halogens is 2. The molecule has 3 N–H and O–H groups in total. The molecule has 0 heterocycles. The summed E-state index contributed by atoms with van der Waals surface area (Å²) in [6.07, 6.45) is 0.836. The summed E-state index contributed by atoms with van der Waals surface area (Å²) in [5.74, 6) is -0.594. The highest BCUT2D eigenvalue weighted by molar-refractivity contribution is 6.42. The highest BCUT2D eigenvalue weighted by atomic mass is 35.5. The number of carbonyl (C=O) groups is 2. The second-order valence-corrected chi connectivity index (χ2v) is 4.93. The molecule has 0 aliphatic rings. The van der Waals surface area contributed by atoms with Crippen molar-refractivity contribution in [2.45, 2.75) is 6.42 Å². The van der Waals surface area contributed by atoms with Crippen LogP contribution in [0.25, 0.3) is 0 Å². The molecule has 0 spiro atoms. The number of rotatable bonds is 7. The summed E-state index contributed by atoms with van der Waals surface area (Å²) in [5, 5.41) is 8.88. The Labute approximate surface area is 128 Å². The molecule has 0 aliphatic carbocycles. The molecule has 0 radical (unpaired) electrons. The highest BCUT2D eigenvalue weighted by Gasteiger charge is 2.09. The molecule has 0 atom stereocenters. The Kier molecular flexibility index (Phi) is 7.36. The first kappa shape index (κ1) is 16.8. The van der Waals surface area contributed by atoms with Gasteiger partial charge in [0.1, 0.15) is 0 Å². The zero-order valence-electron chi connectivity index (χ0n) is 11.1. The van der Waals surface area contributed by atoms with Crippen molar-refractivity contribution in [1.82, 2.24) is 16.0 Å². The summed E-state index contributed by atoms with van der Waals surface area (Å²) < 4.78 is 0. The summed E-state index contributed by atoms with van der Waals surface area (Å²) in [6.45, 7) is 1.33. The maximum Gasteiger partial charge on any atom is 0.251 e. The van der Waals surface area contributed by atoms with E-state index in [1.807, 2.05) is 7.05 Å². The topological polar surface area (TPSA) is 70.2 Å². The average molecular weight is 318 g/mol. The van der Waals surface area contributed by atoms with E-state index in [-0.39, 0.29) is 18.4 Å². The van der Waals surface area contributed by atoms with Gasteiger partial charge in [-0.1, -0.05) is 23.2 Å². The van der Waals surface area contributed by atoms with Crippen molar-refractivity contribution in [3.8, 4) is 0 Å². The maximum absolute atomic E-state index is 11.8. The largest absolute Gasteiger partial charge is 0.355 e. The third-order valence-corrected chi connectivity index (χ3v) is 3.26. The zero-order chi connectivity index (χ0) is 15.0. The van der Waals surface area contributed by atoms with E-state index in [9.17, 15) is 9.59 Å². The van der Waals surface area contributed by atoms with Crippen LogP contribution in [0.4, 0.5) is 0 Å². The molecular formula is C13H17Cl2N3O2. The van der Waals surface area contributed by atoms with Crippen LogP contribution in [-0.2, 0) is 4.79 Å². The molecule has 1 rings (SSSR count). The standard InChI is InChI=1S/C13H17Cl2N3O2/c1-16-5-2-6-17-12(19)8-18-13(20)9-3-4-10(14)11(15)7-9/h3-4,7,16H,2,5-6,8H2,1H3,(H,17,19)(H,18,20). The van der Waals surface area contributed by atoms with Gasteiger partial charge in [0, 0.05) is 12.1 Å². The number of amides is 2. The van der Waals surface area contributed by atoms with Gasteiger partial charge in [-0.2, -0.15) is 0 Å². The van der Waals surface area contributed by atoms with Crippen LogP contribution in [-0.4, -0.2) is 38.5 Å². The van der Waals surface area contributed by atoms with Crippen molar-refractivity contribution in [3.63, 3.8) is 0 Å². The van der Waals surface area contributed by atoms with E-state index in [0.717, 1.165) is 13.0 Å². The normalized spacial score (nSPS) is 10.2. The molecule has 0 saturated heterocycles. The molecule has 20 heavy (non-hydrogen) atoms. The third-order valence-electron chi connectivity index (χ3n) is 2.52. The van der Waals surface area contributed by atoms with E-state index in [0.29, 0.717) is 22.2 Å². The van der Waals surface area contributed by atoms with Crippen LogP contribution in [0, 0.1) is 0 Å². The Hall–Kier alpha value is -1.30.